The van der Waals surface area contributed by atoms with Gasteiger partial charge in [-0.15, -0.1) is 11.8 Å². The van der Waals surface area contributed by atoms with Crippen molar-refractivity contribution >= 4 is 40.9 Å². The van der Waals surface area contributed by atoms with E-state index in [2.05, 4.69) is 5.32 Å². The smallest absolute Gasteiger partial charge is 0.256 e. The van der Waals surface area contributed by atoms with Crippen molar-refractivity contribution in [2.45, 2.75) is 23.5 Å². The van der Waals surface area contributed by atoms with Crippen molar-refractivity contribution in [3.63, 3.8) is 0 Å². The van der Waals surface area contributed by atoms with Gasteiger partial charge in [-0.25, -0.2) is 0 Å². The summed E-state index contributed by atoms with van der Waals surface area (Å²) in [6.07, 6.45) is 2.43. The molecule has 2 aromatic rings. The normalized spacial score (nSPS) is 22.8. The van der Waals surface area contributed by atoms with Crippen LogP contribution in [0.1, 0.15) is 22.5 Å². The van der Waals surface area contributed by atoms with Crippen molar-refractivity contribution in [1.82, 2.24) is 4.90 Å². The Morgan fingerprint density at radius 2 is 2.21 bits per heavy atom. The molecule has 0 aliphatic carbocycles. The van der Waals surface area contributed by atoms with Gasteiger partial charge in [-0.1, -0.05) is 11.6 Å². The first-order valence-electron chi connectivity index (χ1n) is 7.69. The maximum atomic E-state index is 12.8. The number of halogens is 1. The molecule has 24 heavy (non-hydrogen) atoms. The second-order valence-corrected chi connectivity index (χ2v) is 7.50. The van der Waals surface area contributed by atoms with Crippen molar-refractivity contribution < 1.29 is 14.0 Å². The summed E-state index contributed by atoms with van der Waals surface area (Å²) in [6, 6.07) is 8.26. The van der Waals surface area contributed by atoms with Crippen LogP contribution in [0, 0.1) is 0 Å². The second-order valence-electron chi connectivity index (χ2n) is 5.84. The zero-order chi connectivity index (χ0) is 16.7. The lowest BCUT2D eigenvalue weighted by atomic mass is 10.1. The van der Waals surface area contributed by atoms with Crippen molar-refractivity contribution in [1.29, 1.82) is 0 Å². The Labute approximate surface area is 148 Å². The Morgan fingerprint density at radius 3 is 3.00 bits per heavy atom. The van der Waals surface area contributed by atoms with E-state index in [9.17, 15) is 9.59 Å². The van der Waals surface area contributed by atoms with E-state index < -0.39 is 6.04 Å². The molecule has 1 aromatic heterocycles. The predicted octanol–water partition coefficient (Wildman–Crippen LogP) is 3.40. The molecule has 0 radical (unpaired) electrons. The fourth-order valence-electron chi connectivity index (χ4n) is 3.23. The number of furan rings is 1. The number of nitrogens with one attached hydrogen (secondary N) is 1. The van der Waals surface area contributed by atoms with Crippen molar-refractivity contribution in [3.8, 4) is 0 Å². The summed E-state index contributed by atoms with van der Waals surface area (Å²) in [5.74, 6) is 1.28. The number of anilines is 1. The highest BCUT2D eigenvalue weighted by molar-refractivity contribution is 7.99. The van der Waals surface area contributed by atoms with Crippen molar-refractivity contribution in [2.75, 3.05) is 11.9 Å². The van der Waals surface area contributed by atoms with Gasteiger partial charge in [0.2, 0.25) is 5.91 Å². The summed E-state index contributed by atoms with van der Waals surface area (Å²) in [4.78, 5) is 27.2. The molecule has 0 unspecified atom stereocenters. The molecule has 5 nitrogen and oxygen atoms in total. The molecule has 2 amide bonds. The Morgan fingerprint density at radius 1 is 1.33 bits per heavy atom. The minimum Gasteiger partial charge on any atom is -0.468 e. The number of thioether (sulfide) groups is 1. The summed E-state index contributed by atoms with van der Waals surface area (Å²) >= 11 is 7.64. The first-order valence-corrected chi connectivity index (χ1v) is 9.11. The van der Waals surface area contributed by atoms with Gasteiger partial charge in [0.05, 0.1) is 23.3 Å². The highest BCUT2D eigenvalue weighted by Gasteiger charge is 2.44. The Hall–Kier alpha value is -1.92. The highest BCUT2D eigenvalue weighted by atomic mass is 35.5. The van der Waals surface area contributed by atoms with E-state index in [0.717, 1.165) is 12.2 Å². The van der Waals surface area contributed by atoms with Crippen LogP contribution in [-0.2, 0) is 10.5 Å². The Kier molecular flexibility index (Phi) is 4.02. The van der Waals surface area contributed by atoms with Crippen molar-refractivity contribution in [2.24, 2.45) is 0 Å². The Bertz CT molecular complexity index is 793. The molecule has 0 saturated carbocycles. The minimum atomic E-state index is -0.469. The molecule has 2 aliphatic heterocycles. The lowest BCUT2D eigenvalue weighted by Crippen LogP contribution is -2.44. The predicted molar refractivity (Wildman–Crippen MR) is 93.3 cm³/mol. The standard InChI is InChI=1S/C17H15ClN2O3S/c18-10-3-4-12-13(8-10)19-16(21)15-14(5-6-20(15)17(12)22)24-9-11-2-1-7-23-11/h1-4,7-8,14-15H,5-6,9H2,(H,19,21)/t14-,15-/m0/s1. The molecule has 1 saturated heterocycles. The zero-order valence-electron chi connectivity index (χ0n) is 12.7. The van der Waals surface area contributed by atoms with Crippen LogP contribution in [0.2, 0.25) is 5.02 Å². The maximum Gasteiger partial charge on any atom is 0.256 e. The molecular weight excluding hydrogens is 348 g/mol. The van der Waals surface area contributed by atoms with Crippen LogP contribution in [0.25, 0.3) is 0 Å². The van der Waals surface area contributed by atoms with Gasteiger partial charge in [0, 0.05) is 16.8 Å². The van der Waals surface area contributed by atoms with Crippen LogP contribution in [0.5, 0.6) is 0 Å². The van der Waals surface area contributed by atoms with E-state index in [4.69, 9.17) is 16.0 Å². The first-order chi connectivity index (χ1) is 11.6. The first kappa shape index (κ1) is 15.6. The maximum absolute atomic E-state index is 12.8. The fourth-order valence-corrected chi connectivity index (χ4v) is 4.67. The molecule has 2 atom stereocenters. The number of hydrogen-bond donors (Lipinski definition) is 1. The lowest BCUT2D eigenvalue weighted by molar-refractivity contribution is -0.119. The lowest BCUT2D eigenvalue weighted by Gasteiger charge is -2.23. The molecule has 1 fully saturated rings. The number of nitrogens with zero attached hydrogens (tertiary/aromatic N) is 1. The molecule has 3 heterocycles. The summed E-state index contributed by atoms with van der Waals surface area (Å²) < 4.78 is 5.35. The van der Waals surface area contributed by atoms with E-state index in [1.54, 1.807) is 41.1 Å². The van der Waals surface area contributed by atoms with E-state index in [-0.39, 0.29) is 17.1 Å². The van der Waals surface area contributed by atoms with Gasteiger partial charge >= 0.3 is 0 Å². The molecule has 2 aliphatic rings. The summed E-state index contributed by atoms with van der Waals surface area (Å²) in [6.45, 7) is 0.578. The van der Waals surface area contributed by atoms with E-state index in [0.29, 0.717) is 28.6 Å². The number of carbonyl (C=O) groups is 2. The third kappa shape index (κ3) is 2.70. The molecular formula is C17H15ClN2O3S. The third-order valence-electron chi connectivity index (χ3n) is 4.36. The summed E-state index contributed by atoms with van der Waals surface area (Å²) in [7, 11) is 0. The number of benzene rings is 1. The SMILES string of the molecule is O=C1Nc2cc(Cl)ccc2C(=O)N2CC[C@H](SCc3ccco3)[C@@H]12. The number of rotatable bonds is 3. The minimum absolute atomic E-state index is 0.0452. The monoisotopic (exact) mass is 362 g/mol. The van der Waals surface area contributed by atoms with Gasteiger partial charge in [0.1, 0.15) is 11.8 Å². The van der Waals surface area contributed by atoms with Crippen LogP contribution in [0.4, 0.5) is 5.69 Å². The van der Waals surface area contributed by atoms with E-state index in [1.165, 1.54) is 0 Å². The van der Waals surface area contributed by atoms with Gasteiger partial charge in [-0.05, 0) is 36.8 Å². The van der Waals surface area contributed by atoms with Gasteiger partial charge in [0.25, 0.3) is 5.91 Å². The largest absolute Gasteiger partial charge is 0.468 e. The van der Waals surface area contributed by atoms with Gasteiger partial charge < -0.3 is 14.6 Å². The summed E-state index contributed by atoms with van der Waals surface area (Å²) in [5.41, 5.74) is 0.980. The molecule has 0 bridgehead atoms. The van der Waals surface area contributed by atoms with Crippen molar-refractivity contribution in [3.05, 3.63) is 52.9 Å². The van der Waals surface area contributed by atoms with Crippen LogP contribution in [0.3, 0.4) is 0 Å². The average Bonchev–Trinajstić information content (AvgIpc) is 3.20. The summed E-state index contributed by atoms with van der Waals surface area (Å²) in [5, 5.41) is 3.40. The molecule has 124 valence electrons. The number of amides is 2. The molecule has 4 rings (SSSR count). The van der Waals surface area contributed by atoms with Crippen LogP contribution < -0.4 is 5.32 Å². The van der Waals surface area contributed by atoms with Crippen LogP contribution in [-0.4, -0.2) is 34.6 Å². The second kappa shape index (κ2) is 6.18. The quantitative estimate of drug-likeness (QED) is 0.909. The Balaban J connectivity index is 1.58. The van der Waals surface area contributed by atoms with Gasteiger partial charge in [-0.3, -0.25) is 9.59 Å². The molecule has 1 aromatic carbocycles. The van der Waals surface area contributed by atoms with Crippen LogP contribution >= 0.6 is 23.4 Å². The van der Waals surface area contributed by atoms with E-state index in [1.807, 2.05) is 12.1 Å². The average molecular weight is 363 g/mol. The van der Waals surface area contributed by atoms with Gasteiger partial charge in [-0.2, -0.15) is 0 Å². The molecule has 0 spiro atoms. The van der Waals surface area contributed by atoms with E-state index >= 15 is 0 Å². The molecule has 7 heteroatoms. The number of hydrogen-bond acceptors (Lipinski definition) is 4. The highest BCUT2D eigenvalue weighted by Crippen LogP contribution is 2.36. The third-order valence-corrected chi connectivity index (χ3v) is 5.97. The number of fused-ring (bicyclic) bond motifs is 2. The number of carbonyl (C=O) groups excluding carboxylic acids is 2. The van der Waals surface area contributed by atoms with Gasteiger partial charge in [0.15, 0.2) is 0 Å². The topological polar surface area (TPSA) is 62.6 Å². The molecule has 1 N–H and O–H groups in total. The van der Waals surface area contributed by atoms with Crippen LogP contribution in [0.15, 0.2) is 41.0 Å². The fraction of sp³-hybridized carbons (Fsp3) is 0.294. The zero-order valence-corrected chi connectivity index (χ0v) is 14.3.